The van der Waals surface area contributed by atoms with Crippen molar-refractivity contribution >= 4 is 6.03 Å². The number of urea groups is 1. The van der Waals surface area contributed by atoms with E-state index in [0.717, 1.165) is 18.9 Å². The summed E-state index contributed by atoms with van der Waals surface area (Å²) < 4.78 is 27.2. The second kappa shape index (κ2) is 5.62. The number of hydrogen-bond acceptors (Lipinski definition) is 1. The fourth-order valence-electron chi connectivity index (χ4n) is 2.98. The fourth-order valence-corrected chi connectivity index (χ4v) is 2.98. The van der Waals surface area contributed by atoms with Crippen molar-refractivity contribution in [2.45, 2.75) is 39.0 Å². The van der Waals surface area contributed by atoms with Crippen LogP contribution in [0.15, 0.2) is 18.2 Å². The summed E-state index contributed by atoms with van der Waals surface area (Å²) in [4.78, 5) is 11.7. The molecule has 1 aliphatic rings. The molecule has 2 amide bonds. The standard InChI is InChI=1S/C16H22F2N2O/c1-4-7-19-14(21)20-10-16(9-15(16,2)3)12-6-5-11(17)8-13(12)18/h5-6,8H,4,7,9-10H2,1-3H3,(H2,19,20,21). The molecule has 0 aromatic heterocycles. The van der Waals surface area contributed by atoms with Crippen molar-refractivity contribution in [1.82, 2.24) is 10.6 Å². The predicted octanol–water partition coefficient (Wildman–Crippen LogP) is 3.34. The van der Waals surface area contributed by atoms with Gasteiger partial charge in [-0.25, -0.2) is 13.6 Å². The Bertz CT molecular complexity index is 545. The van der Waals surface area contributed by atoms with Crippen molar-refractivity contribution in [3.63, 3.8) is 0 Å². The largest absolute Gasteiger partial charge is 0.338 e. The summed E-state index contributed by atoms with van der Waals surface area (Å²) in [5.41, 5.74) is -0.109. The molecule has 21 heavy (non-hydrogen) atoms. The average Bonchev–Trinajstić information content (AvgIpc) is 2.96. The van der Waals surface area contributed by atoms with Crippen molar-refractivity contribution in [2.75, 3.05) is 13.1 Å². The van der Waals surface area contributed by atoms with Gasteiger partial charge in [0.25, 0.3) is 0 Å². The van der Waals surface area contributed by atoms with E-state index >= 15 is 0 Å². The molecule has 0 radical (unpaired) electrons. The number of hydrogen-bond donors (Lipinski definition) is 2. The van der Waals surface area contributed by atoms with E-state index in [1.54, 1.807) is 0 Å². The molecule has 116 valence electrons. The van der Waals surface area contributed by atoms with Gasteiger partial charge < -0.3 is 10.6 Å². The molecule has 1 aromatic rings. The molecule has 0 saturated heterocycles. The van der Waals surface area contributed by atoms with E-state index in [1.807, 2.05) is 20.8 Å². The van der Waals surface area contributed by atoms with Gasteiger partial charge in [-0.05, 0) is 29.9 Å². The molecule has 2 N–H and O–H groups in total. The van der Waals surface area contributed by atoms with Gasteiger partial charge in [-0.1, -0.05) is 26.8 Å². The molecule has 1 aromatic carbocycles. The number of halogens is 2. The molecule has 5 heteroatoms. The summed E-state index contributed by atoms with van der Waals surface area (Å²) in [5.74, 6) is -1.13. The number of amides is 2. The normalized spacial score (nSPS) is 22.7. The van der Waals surface area contributed by atoms with E-state index in [4.69, 9.17) is 0 Å². The third-order valence-corrected chi connectivity index (χ3v) is 4.45. The Morgan fingerprint density at radius 3 is 2.48 bits per heavy atom. The van der Waals surface area contributed by atoms with Crippen LogP contribution in [-0.4, -0.2) is 19.1 Å². The summed E-state index contributed by atoms with van der Waals surface area (Å²) in [6.07, 6.45) is 1.62. The quantitative estimate of drug-likeness (QED) is 0.859. The van der Waals surface area contributed by atoms with E-state index < -0.39 is 17.0 Å². The van der Waals surface area contributed by atoms with Gasteiger partial charge in [-0.2, -0.15) is 0 Å². The van der Waals surface area contributed by atoms with Gasteiger partial charge >= 0.3 is 6.03 Å². The number of nitrogens with one attached hydrogen (secondary N) is 2. The summed E-state index contributed by atoms with van der Waals surface area (Å²) in [7, 11) is 0. The number of carbonyl (C=O) groups is 1. The van der Waals surface area contributed by atoms with Crippen molar-refractivity contribution in [3.8, 4) is 0 Å². The lowest BCUT2D eigenvalue weighted by atomic mass is 9.87. The molecule has 0 heterocycles. The highest BCUT2D eigenvalue weighted by atomic mass is 19.1. The monoisotopic (exact) mass is 296 g/mol. The summed E-state index contributed by atoms with van der Waals surface area (Å²) in [5, 5.41) is 5.54. The third-order valence-electron chi connectivity index (χ3n) is 4.45. The fraction of sp³-hybridized carbons (Fsp3) is 0.562. The Hall–Kier alpha value is -1.65. The summed E-state index contributed by atoms with van der Waals surface area (Å²) >= 11 is 0. The summed E-state index contributed by atoms with van der Waals surface area (Å²) in [6.45, 7) is 6.98. The van der Waals surface area contributed by atoms with Crippen molar-refractivity contribution in [1.29, 1.82) is 0 Å². The Balaban J connectivity index is 2.14. The van der Waals surface area contributed by atoms with Crippen LogP contribution in [0.2, 0.25) is 0 Å². The van der Waals surface area contributed by atoms with Gasteiger partial charge in [-0.15, -0.1) is 0 Å². The van der Waals surface area contributed by atoms with Gasteiger partial charge in [0.05, 0.1) is 0 Å². The SMILES string of the molecule is CCCNC(=O)NCC1(c2ccc(F)cc2F)CC1(C)C. The van der Waals surface area contributed by atoms with Crippen molar-refractivity contribution in [2.24, 2.45) is 5.41 Å². The minimum Gasteiger partial charge on any atom is -0.338 e. The molecule has 2 rings (SSSR count). The van der Waals surface area contributed by atoms with Crippen LogP contribution in [0.25, 0.3) is 0 Å². The van der Waals surface area contributed by atoms with Crippen LogP contribution in [0.5, 0.6) is 0 Å². The lowest BCUT2D eigenvalue weighted by molar-refractivity contribution is 0.239. The first-order valence-corrected chi connectivity index (χ1v) is 7.29. The molecule has 0 bridgehead atoms. The minimum absolute atomic E-state index is 0.121. The summed E-state index contributed by atoms with van der Waals surface area (Å²) in [6, 6.07) is 3.42. The van der Waals surface area contributed by atoms with Crippen molar-refractivity contribution < 1.29 is 13.6 Å². The first-order valence-electron chi connectivity index (χ1n) is 7.29. The topological polar surface area (TPSA) is 41.1 Å². The molecule has 3 nitrogen and oxygen atoms in total. The van der Waals surface area contributed by atoms with Crippen LogP contribution in [0.4, 0.5) is 13.6 Å². The number of benzene rings is 1. The van der Waals surface area contributed by atoms with E-state index in [2.05, 4.69) is 10.6 Å². The zero-order chi connectivity index (χ0) is 15.7. The van der Waals surface area contributed by atoms with E-state index in [0.29, 0.717) is 18.7 Å². The zero-order valence-corrected chi connectivity index (χ0v) is 12.7. The maximum Gasteiger partial charge on any atom is 0.314 e. The predicted molar refractivity (Wildman–Crippen MR) is 78.1 cm³/mol. The second-order valence-corrected chi connectivity index (χ2v) is 6.38. The van der Waals surface area contributed by atoms with Crippen LogP contribution < -0.4 is 10.6 Å². The maximum absolute atomic E-state index is 14.1. The Morgan fingerprint density at radius 2 is 1.95 bits per heavy atom. The maximum atomic E-state index is 14.1. The molecule has 1 fully saturated rings. The van der Waals surface area contributed by atoms with Gasteiger partial charge in [0.1, 0.15) is 11.6 Å². The highest BCUT2D eigenvalue weighted by Crippen LogP contribution is 2.64. The Labute approximate surface area is 124 Å². The minimum atomic E-state index is -0.585. The molecule has 1 unspecified atom stereocenters. The lowest BCUT2D eigenvalue weighted by Gasteiger charge is -2.22. The number of carbonyl (C=O) groups excluding carboxylic acids is 1. The second-order valence-electron chi connectivity index (χ2n) is 6.38. The highest BCUT2D eigenvalue weighted by Gasteiger charge is 2.62. The van der Waals surface area contributed by atoms with Gasteiger partial charge in [-0.3, -0.25) is 0 Å². The Morgan fingerprint density at radius 1 is 1.29 bits per heavy atom. The van der Waals surface area contributed by atoms with E-state index in [9.17, 15) is 13.6 Å². The molecule has 1 aliphatic carbocycles. The molecular weight excluding hydrogens is 274 g/mol. The molecular formula is C16H22F2N2O. The Kier molecular flexibility index (Phi) is 4.21. The van der Waals surface area contributed by atoms with Gasteiger partial charge in [0.15, 0.2) is 0 Å². The lowest BCUT2D eigenvalue weighted by Crippen LogP contribution is -2.41. The third kappa shape index (κ3) is 3.01. The average molecular weight is 296 g/mol. The van der Waals surface area contributed by atoms with Crippen LogP contribution in [-0.2, 0) is 5.41 Å². The van der Waals surface area contributed by atoms with Gasteiger partial charge in [0, 0.05) is 24.6 Å². The first-order chi connectivity index (χ1) is 9.82. The highest BCUT2D eigenvalue weighted by molar-refractivity contribution is 5.74. The molecule has 1 saturated carbocycles. The van der Waals surface area contributed by atoms with Crippen LogP contribution >= 0.6 is 0 Å². The molecule has 1 atom stereocenters. The van der Waals surface area contributed by atoms with E-state index in [-0.39, 0.29) is 11.4 Å². The first kappa shape index (κ1) is 15.7. The van der Waals surface area contributed by atoms with Crippen LogP contribution in [0.3, 0.4) is 0 Å². The zero-order valence-electron chi connectivity index (χ0n) is 12.7. The van der Waals surface area contributed by atoms with Gasteiger partial charge in [0.2, 0.25) is 0 Å². The van der Waals surface area contributed by atoms with Crippen LogP contribution in [0.1, 0.15) is 39.2 Å². The molecule has 0 aliphatic heterocycles. The molecule has 0 spiro atoms. The van der Waals surface area contributed by atoms with Crippen molar-refractivity contribution in [3.05, 3.63) is 35.4 Å². The van der Waals surface area contributed by atoms with E-state index in [1.165, 1.54) is 12.1 Å². The number of rotatable bonds is 5. The smallest absolute Gasteiger partial charge is 0.314 e. The van der Waals surface area contributed by atoms with Crippen LogP contribution in [0, 0.1) is 17.0 Å².